The first kappa shape index (κ1) is 17.8. The van der Waals surface area contributed by atoms with Crippen LogP contribution in [0.15, 0.2) is 48.5 Å². The molecule has 0 aliphatic heterocycles. The van der Waals surface area contributed by atoms with E-state index in [9.17, 15) is 9.59 Å². The van der Waals surface area contributed by atoms with E-state index in [0.717, 1.165) is 11.1 Å². The molecular formula is C19H18Cl2N2O2. The quantitative estimate of drug-likeness (QED) is 0.755. The fraction of sp³-hybridized carbons (Fsp3) is 0.263. The summed E-state index contributed by atoms with van der Waals surface area (Å²) in [7, 11) is 0. The van der Waals surface area contributed by atoms with Gasteiger partial charge in [0.15, 0.2) is 0 Å². The van der Waals surface area contributed by atoms with Crippen LogP contribution >= 0.6 is 23.2 Å². The van der Waals surface area contributed by atoms with Crippen molar-refractivity contribution >= 4 is 35.0 Å². The number of carbonyl (C=O) groups excluding carboxylic acids is 2. The van der Waals surface area contributed by atoms with Gasteiger partial charge in [-0.15, -0.1) is 0 Å². The lowest BCUT2D eigenvalue weighted by atomic mass is 10.0. The summed E-state index contributed by atoms with van der Waals surface area (Å²) < 4.78 is 0. The second-order valence-electron chi connectivity index (χ2n) is 6.13. The van der Waals surface area contributed by atoms with Crippen LogP contribution in [0.4, 0.5) is 0 Å². The van der Waals surface area contributed by atoms with Crippen molar-refractivity contribution in [3.05, 3.63) is 69.7 Å². The van der Waals surface area contributed by atoms with Crippen molar-refractivity contribution in [2.45, 2.75) is 25.9 Å². The molecule has 0 bridgehead atoms. The van der Waals surface area contributed by atoms with Crippen molar-refractivity contribution in [1.82, 2.24) is 10.6 Å². The Morgan fingerprint density at radius 2 is 1.20 bits per heavy atom. The van der Waals surface area contributed by atoms with E-state index in [2.05, 4.69) is 10.6 Å². The summed E-state index contributed by atoms with van der Waals surface area (Å²) in [6.45, 7) is 0.607. The molecule has 25 heavy (non-hydrogen) atoms. The Bertz CT molecular complexity index is 740. The van der Waals surface area contributed by atoms with E-state index >= 15 is 0 Å². The van der Waals surface area contributed by atoms with Gasteiger partial charge in [0.1, 0.15) is 5.41 Å². The first-order chi connectivity index (χ1) is 12.0. The number of nitrogens with one attached hydrogen (secondary N) is 2. The molecule has 4 nitrogen and oxygen atoms in total. The zero-order valence-corrected chi connectivity index (χ0v) is 15.0. The van der Waals surface area contributed by atoms with Crippen molar-refractivity contribution in [3.8, 4) is 0 Å². The maximum Gasteiger partial charge on any atom is 0.235 e. The molecule has 1 aliphatic carbocycles. The van der Waals surface area contributed by atoms with E-state index < -0.39 is 5.41 Å². The normalized spacial score (nSPS) is 14.6. The zero-order chi connectivity index (χ0) is 17.9. The lowest BCUT2D eigenvalue weighted by Gasteiger charge is -2.16. The molecular weight excluding hydrogens is 359 g/mol. The van der Waals surface area contributed by atoms with E-state index in [1.807, 2.05) is 36.4 Å². The molecule has 130 valence electrons. The predicted octanol–water partition coefficient (Wildman–Crippen LogP) is 3.71. The maximum absolute atomic E-state index is 12.5. The summed E-state index contributed by atoms with van der Waals surface area (Å²) in [5.74, 6) is -0.520. The fourth-order valence-corrected chi connectivity index (χ4v) is 3.06. The summed E-state index contributed by atoms with van der Waals surface area (Å²) in [5, 5.41) is 6.83. The molecule has 1 aliphatic rings. The van der Waals surface area contributed by atoms with Gasteiger partial charge < -0.3 is 10.6 Å². The smallest absolute Gasteiger partial charge is 0.235 e. The molecule has 2 N–H and O–H groups in total. The average molecular weight is 377 g/mol. The third kappa shape index (κ3) is 3.97. The lowest BCUT2D eigenvalue weighted by Crippen LogP contribution is -2.42. The predicted molar refractivity (Wildman–Crippen MR) is 98.3 cm³/mol. The van der Waals surface area contributed by atoms with Gasteiger partial charge in [0.25, 0.3) is 0 Å². The lowest BCUT2D eigenvalue weighted by molar-refractivity contribution is -0.137. The third-order valence-corrected chi connectivity index (χ3v) is 5.15. The van der Waals surface area contributed by atoms with Crippen molar-refractivity contribution in [3.63, 3.8) is 0 Å². The number of hydrogen-bond donors (Lipinski definition) is 2. The zero-order valence-electron chi connectivity index (χ0n) is 13.5. The van der Waals surface area contributed by atoms with Crippen molar-refractivity contribution in [1.29, 1.82) is 0 Å². The van der Waals surface area contributed by atoms with Crippen LogP contribution in [-0.2, 0) is 22.7 Å². The molecule has 2 amide bonds. The summed E-state index contributed by atoms with van der Waals surface area (Å²) in [4.78, 5) is 25.0. The Balaban J connectivity index is 1.57. The van der Waals surface area contributed by atoms with Crippen molar-refractivity contribution < 1.29 is 9.59 Å². The number of hydrogen-bond acceptors (Lipinski definition) is 2. The van der Waals surface area contributed by atoms with Gasteiger partial charge in [-0.2, -0.15) is 0 Å². The van der Waals surface area contributed by atoms with Gasteiger partial charge in [-0.05, 0) is 36.1 Å². The van der Waals surface area contributed by atoms with Gasteiger partial charge in [-0.3, -0.25) is 9.59 Å². The largest absolute Gasteiger partial charge is 0.351 e. The van der Waals surface area contributed by atoms with E-state index in [1.54, 1.807) is 12.1 Å². The van der Waals surface area contributed by atoms with Gasteiger partial charge >= 0.3 is 0 Å². The molecule has 2 aromatic carbocycles. The topological polar surface area (TPSA) is 58.2 Å². The average Bonchev–Trinajstić information content (AvgIpc) is 3.42. The Labute approximate surface area is 156 Å². The Morgan fingerprint density at radius 1 is 0.800 bits per heavy atom. The number of amides is 2. The van der Waals surface area contributed by atoms with Crippen LogP contribution in [0, 0.1) is 5.41 Å². The molecule has 0 unspecified atom stereocenters. The van der Waals surface area contributed by atoms with Gasteiger partial charge in [0.2, 0.25) is 11.8 Å². The molecule has 1 saturated carbocycles. The molecule has 6 heteroatoms. The maximum atomic E-state index is 12.5. The molecule has 0 radical (unpaired) electrons. The van der Waals surface area contributed by atoms with Crippen LogP contribution in [0.3, 0.4) is 0 Å². The second-order valence-corrected chi connectivity index (χ2v) is 6.94. The summed E-state index contributed by atoms with van der Waals surface area (Å²) in [6.07, 6.45) is 1.10. The summed E-state index contributed by atoms with van der Waals surface area (Å²) >= 11 is 12.2. The van der Waals surface area contributed by atoms with Gasteiger partial charge in [0, 0.05) is 23.1 Å². The minimum absolute atomic E-state index is 0.260. The molecule has 2 aromatic rings. The molecule has 0 saturated heterocycles. The van der Waals surface area contributed by atoms with Crippen LogP contribution in [0.1, 0.15) is 24.0 Å². The Morgan fingerprint density at radius 3 is 1.56 bits per heavy atom. The second kappa shape index (κ2) is 7.46. The molecule has 3 rings (SSSR count). The molecule has 0 atom stereocenters. The van der Waals surface area contributed by atoms with Gasteiger partial charge in [-0.1, -0.05) is 59.6 Å². The van der Waals surface area contributed by atoms with Crippen LogP contribution < -0.4 is 10.6 Å². The van der Waals surface area contributed by atoms with Crippen LogP contribution in [-0.4, -0.2) is 11.8 Å². The number of benzene rings is 2. The Kier molecular flexibility index (Phi) is 5.30. The first-order valence-electron chi connectivity index (χ1n) is 8.06. The standard InChI is InChI=1S/C19H18Cl2N2O2/c20-15-7-3-1-5-13(15)11-22-17(24)19(9-10-19)18(25)23-12-14-6-2-4-8-16(14)21/h1-8H,9-12H2,(H,22,24)(H,23,25). The summed E-state index contributed by atoms with van der Waals surface area (Å²) in [6, 6.07) is 14.6. The monoisotopic (exact) mass is 376 g/mol. The molecule has 0 aromatic heterocycles. The number of carbonyl (C=O) groups is 2. The van der Waals surface area contributed by atoms with Crippen LogP contribution in [0.25, 0.3) is 0 Å². The number of halogens is 2. The highest BCUT2D eigenvalue weighted by atomic mass is 35.5. The van der Waals surface area contributed by atoms with Crippen molar-refractivity contribution in [2.75, 3.05) is 0 Å². The first-order valence-corrected chi connectivity index (χ1v) is 8.82. The van der Waals surface area contributed by atoms with Crippen molar-refractivity contribution in [2.24, 2.45) is 5.41 Å². The minimum atomic E-state index is -0.970. The highest BCUT2D eigenvalue weighted by molar-refractivity contribution is 6.31. The fourth-order valence-electron chi connectivity index (χ4n) is 2.66. The van der Waals surface area contributed by atoms with Crippen LogP contribution in [0.2, 0.25) is 10.0 Å². The van der Waals surface area contributed by atoms with E-state index in [1.165, 1.54) is 0 Å². The van der Waals surface area contributed by atoms with E-state index in [4.69, 9.17) is 23.2 Å². The molecule has 1 fully saturated rings. The third-order valence-electron chi connectivity index (χ3n) is 4.41. The van der Waals surface area contributed by atoms with Gasteiger partial charge in [-0.25, -0.2) is 0 Å². The SMILES string of the molecule is O=C(NCc1ccccc1Cl)C1(C(=O)NCc2ccccc2Cl)CC1. The molecule has 0 spiro atoms. The molecule has 0 heterocycles. The van der Waals surface area contributed by atoms with E-state index in [0.29, 0.717) is 36.0 Å². The highest BCUT2D eigenvalue weighted by Gasteiger charge is 2.56. The Hall–Kier alpha value is -2.04. The summed E-state index contributed by atoms with van der Waals surface area (Å²) in [5.41, 5.74) is 0.678. The number of rotatable bonds is 6. The van der Waals surface area contributed by atoms with Gasteiger partial charge in [0.05, 0.1) is 0 Å². The highest BCUT2D eigenvalue weighted by Crippen LogP contribution is 2.46. The minimum Gasteiger partial charge on any atom is -0.351 e. The van der Waals surface area contributed by atoms with E-state index in [-0.39, 0.29) is 11.8 Å². The van der Waals surface area contributed by atoms with Crippen LogP contribution in [0.5, 0.6) is 0 Å².